The van der Waals surface area contributed by atoms with Crippen LogP contribution in [-0.2, 0) is 61.7 Å². The van der Waals surface area contributed by atoms with Crippen molar-refractivity contribution in [3.63, 3.8) is 0 Å². The first-order valence-corrected chi connectivity index (χ1v) is 28.7. The molecule has 9 aliphatic rings. The Morgan fingerprint density at radius 1 is 0.688 bits per heavy atom. The molecule has 3 saturated carbocycles. The van der Waals surface area contributed by atoms with Crippen molar-refractivity contribution in [2.75, 3.05) is 26.9 Å². The maximum atomic E-state index is 14.6. The number of fused-ring (bicyclic) bond motifs is 4. The average molecular weight is 1150 g/mol. The number of aliphatic hydroxyl groups excluding tert-OH is 11. The average Bonchev–Trinajstić information content (AvgIpc) is 3.82. The Hall–Kier alpha value is -2.12. The van der Waals surface area contributed by atoms with Gasteiger partial charge in [0.05, 0.1) is 38.1 Å². The minimum absolute atomic E-state index is 0.000531. The van der Waals surface area contributed by atoms with E-state index in [1.165, 1.54) is 21.0 Å². The van der Waals surface area contributed by atoms with Crippen LogP contribution in [-0.4, -0.2) is 235 Å². The van der Waals surface area contributed by atoms with E-state index in [-0.39, 0.29) is 36.3 Å². The molecule has 1 spiro atoms. The Bertz CT molecular complexity index is 2230. The van der Waals surface area contributed by atoms with E-state index in [2.05, 4.69) is 27.7 Å². The number of carbonyl (C=O) groups is 2. The molecule has 5 heterocycles. The number of hydrogen-bond donors (Lipinski definition) is 11. The molecule has 24 nitrogen and oxygen atoms in total. The van der Waals surface area contributed by atoms with Gasteiger partial charge in [0.2, 0.25) is 0 Å². The van der Waals surface area contributed by atoms with Crippen LogP contribution in [0.4, 0.5) is 0 Å². The van der Waals surface area contributed by atoms with Crippen molar-refractivity contribution in [1.29, 1.82) is 0 Å². The topological polar surface area (TPSA) is 358 Å². The Kier molecular flexibility index (Phi) is 17.9. The predicted octanol–water partition coefficient (Wildman–Crippen LogP) is -0.651. The molecule has 0 aromatic heterocycles. The molecular formula is C56H90O24. The maximum Gasteiger partial charge on any atom is 0.316 e. The van der Waals surface area contributed by atoms with Crippen LogP contribution in [0.2, 0.25) is 0 Å². The molecule has 5 saturated heterocycles. The molecule has 8 fully saturated rings. The zero-order chi connectivity index (χ0) is 58.6. The fourth-order valence-electron chi connectivity index (χ4n) is 16.7. The number of cyclic esters (lactones) is 1. The molecule has 0 radical (unpaired) electrons. The monoisotopic (exact) mass is 1150 g/mol. The molecule has 9 rings (SSSR count). The van der Waals surface area contributed by atoms with E-state index in [1.54, 1.807) is 0 Å². The first-order chi connectivity index (χ1) is 37.5. The minimum Gasteiger partial charge on any atom is -0.460 e. The fraction of sp³-hybridized carbons (Fsp3) is 0.929. The molecule has 458 valence electrons. The van der Waals surface area contributed by atoms with Crippen molar-refractivity contribution >= 4 is 11.9 Å². The molecule has 5 aliphatic heterocycles. The third-order valence-electron chi connectivity index (χ3n) is 20.8. The molecule has 0 amide bonds. The number of methoxy groups -OCH3 is 1. The van der Waals surface area contributed by atoms with Crippen LogP contribution in [0.15, 0.2) is 11.6 Å². The number of hydrogen-bond acceptors (Lipinski definition) is 24. The Morgan fingerprint density at radius 2 is 1.29 bits per heavy atom. The Balaban J connectivity index is 0.866. The number of rotatable bonds is 16. The largest absolute Gasteiger partial charge is 0.460 e. The Morgan fingerprint density at radius 3 is 1.91 bits per heavy atom. The van der Waals surface area contributed by atoms with Crippen molar-refractivity contribution in [2.24, 2.45) is 39.4 Å². The number of carbonyl (C=O) groups excluding carboxylic acids is 2. The lowest BCUT2D eigenvalue weighted by Crippen LogP contribution is -2.67. The van der Waals surface area contributed by atoms with Gasteiger partial charge in [-0.1, -0.05) is 39.3 Å². The maximum absolute atomic E-state index is 14.6. The van der Waals surface area contributed by atoms with Gasteiger partial charge in [-0.2, -0.15) is 0 Å². The molecule has 0 aromatic rings. The van der Waals surface area contributed by atoms with Gasteiger partial charge in [-0.15, -0.1) is 0 Å². The summed E-state index contributed by atoms with van der Waals surface area (Å²) in [7, 11) is 1.20. The molecule has 80 heavy (non-hydrogen) atoms. The van der Waals surface area contributed by atoms with Gasteiger partial charge in [0.25, 0.3) is 0 Å². The van der Waals surface area contributed by atoms with E-state index in [9.17, 15) is 65.8 Å². The summed E-state index contributed by atoms with van der Waals surface area (Å²) in [4.78, 5) is 26.3. The Labute approximate surface area is 466 Å². The quantitative estimate of drug-likeness (QED) is 0.0520. The predicted molar refractivity (Wildman–Crippen MR) is 273 cm³/mol. The highest BCUT2D eigenvalue weighted by molar-refractivity contribution is 5.84. The van der Waals surface area contributed by atoms with E-state index < -0.39 is 175 Å². The summed E-state index contributed by atoms with van der Waals surface area (Å²) in [5.41, 5.74) is -3.02. The van der Waals surface area contributed by atoms with Gasteiger partial charge < -0.3 is 108 Å². The van der Waals surface area contributed by atoms with E-state index in [4.69, 9.17) is 52.1 Å². The molecule has 4 aliphatic carbocycles. The van der Waals surface area contributed by atoms with E-state index >= 15 is 0 Å². The van der Waals surface area contributed by atoms with Crippen LogP contribution in [0.3, 0.4) is 0 Å². The minimum atomic E-state index is -1.91. The zero-order valence-electron chi connectivity index (χ0n) is 47.6. The van der Waals surface area contributed by atoms with E-state index in [0.717, 1.165) is 31.3 Å². The molecule has 24 heteroatoms. The second-order valence-electron chi connectivity index (χ2n) is 26.3. The van der Waals surface area contributed by atoms with Crippen LogP contribution in [0.1, 0.15) is 120 Å². The van der Waals surface area contributed by atoms with Crippen LogP contribution in [0.5, 0.6) is 0 Å². The number of ether oxygens (including phenoxy) is 11. The summed E-state index contributed by atoms with van der Waals surface area (Å²) in [6, 6.07) is 0. The third kappa shape index (κ3) is 10.3. The van der Waals surface area contributed by atoms with Crippen molar-refractivity contribution < 1.29 is 118 Å². The number of aliphatic hydroxyl groups is 11. The lowest BCUT2D eigenvalue weighted by molar-refractivity contribution is -0.389. The summed E-state index contributed by atoms with van der Waals surface area (Å²) >= 11 is 0. The highest BCUT2D eigenvalue weighted by Crippen LogP contribution is 2.76. The first kappa shape index (κ1) is 62.4. The van der Waals surface area contributed by atoms with Crippen LogP contribution in [0.25, 0.3) is 0 Å². The van der Waals surface area contributed by atoms with Crippen molar-refractivity contribution in [3.8, 4) is 0 Å². The van der Waals surface area contributed by atoms with Crippen molar-refractivity contribution in [3.05, 3.63) is 11.6 Å². The summed E-state index contributed by atoms with van der Waals surface area (Å²) in [6.07, 6.45) is -23.5. The van der Waals surface area contributed by atoms with Gasteiger partial charge in [0.15, 0.2) is 25.2 Å². The van der Waals surface area contributed by atoms with Crippen LogP contribution in [0, 0.1) is 39.4 Å². The summed E-state index contributed by atoms with van der Waals surface area (Å²) in [5, 5.41) is 122. The second-order valence-corrected chi connectivity index (χ2v) is 26.3. The van der Waals surface area contributed by atoms with E-state index in [0.29, 0.717) is 32.1 Å². The van der Waals surface area contributed by atoms with Gasteiger partial charge in [0, 0.05) is 20.0 Å². The molecule has 0 bridgehead atoms. The summed E-state index contributed by atoms with van der Waals surface area (Å²) in [5.74, 6) is -0.901. The van der Waals surface area contributed by atoms with Crippen molar-refractivity contribution in [2.45, 2.75) is 260 Å². The molecular weight excluding hydrogens is 1060 g/mol. The van der Waals surface area contributed by atoms with Gasteiger partial charge >= 0.3 is 11.9 Å². The van der Waals surface area contributed by atoms with Crippen LogP contribution < -0.4 is 0 Å². The molecule has 28 atom stereocenters. The number of esters is 2. The smallest absolute Gasteiger partial charge is 0.316 e. The molecule has 0 unspecified atom stereocenters. The second kappa shape index (κ2) is 23.0. The van der Waals surface area contributed by atoms with Crippen LogP contribution >= 0.6 is 0 Å². The highest BCUT2D eigenvalue weighted by atomic mass is 16.8. The fourth-order valence-corrected chi connectivity index (χ4v) is 16.7. The van der Waals surface area contributed by atoms with Gasteiger partial charge in [0.1, 0.15) is 102 Å². The van der Waals surface area contributed by atoms with Crippen molar-refractivity contribution in [1.82, 2.24) is 0 Å². The normalized spacial score (nSPS) is 51.1. The molecule has 11 N–H and O–H groups in total. The molecule has 0 aromatic carbocycles. The third-order valence-corrected chi connectivity index (χ3v) is 20.8. The SMILES string of the molecule is CO[C@@H]1[C@@H](O)[C@H](O[C@@H]2[C@@H](O)[C@H](O[C@H]3[C@H](O)[C@@H](O)[C@H](O[C@H]4[C@H](O[C@H]5CC[C@]6(C)C7=C[C@H](O)[C@@]89C(=O)O[C@@](C)(CCCC(C)(C)OC(C)=O)[C@H]8CC[C@@]9(C)[C@@H]7CC[C@H]6C5(C)C)OC[C@@H](O)[C@@H]4O)O[C@@H]3C)O[C@H](CO)[C@H]2O)O[C@H](CO)[C@H]1O. The lowest BCUT2D eigenvalue weighted by atomic mass is 9.40. The summed E-state index contributed by atoms with van der Waals surface area (Å²) < 4.78 is 65.4. The first-order valence-electron chi connectivity index (χ1n) is 28.7. The standard InChI is InChI=1S/C56H90O24/c1-24-42(76-48-41(68)44(37(64)30(22-58)74-48)77-47-40(67)43(70-10)36(63)29(21-57)73-47)38(65)39(66)46(72-24)78-45-35(62)28(60)23-71-49(45)75-34-15-18-53(7)27-20-33(61)56-32(14-19-54(56,8)26(27)12-13-31(53)52(34,5)6)55(9,80-50(56)69)17-11-16-51(3,4)79-25(2)59/h20,24,26,28-49,57-58,60-68H,11-19,21-23H2,1-10H3/t24-,26-,28-,29-,30-,31+,32-,33+,34+,35+,36-,37-,38-,39-,40-,41-,42-,43+,44+,45-,46+,47+,48+,49+,53-,54+,55+,56-/m1/s1. The van der Waals surface area contributed by atoms with E-state index in [1.807, 2.05) is 26.8 Å². The van der Waals surface area contributed by atoms with Gasteiger partial charge in [-0.25, -0.2) is 0 Å². The highest BCUT2D eigenvalue weighted by Gasteiger charge is 2.79. The van der Waals surface area contributed by atoms with Gasteiger partial charge in [-0.3, -0.25) is 9.59 Å². The lowest BCUT2D eigenvalue weighted by Gasteiger charge is -2.64. The number of allylic oxidation sites excluding steroid dienone is 1. The summed E-state index contributed by atoms with van der Waals surface area (Å²) in [6.45, 7) is 15.4. The van der Waals surface area contributed by atoms with Gasteiger partial charge in [-0.05, 0) is 114 Å². The zero-order valence-corrected chi connectivity index (χ0v) is 47.6.